The first-order valence-corrected chi connectivity index (χ1v) is 7.66. The van der Waals surface area contributed by atoms with Crippen LogP contribution in [-0.2, 0) is 0 Å². The molecular weight excluding hydrogens is 288 g/mol. The van der Waals surface area contributed by atoms with Gasteiger partial charge in [-0.05, 0) is 44.0 Å². The molecule has 0 saturated heterocycles. The van der Waals surface area contributed by atoms with E-state index in [2.05, 4.69) is 22.2 Å². The number of carbonyl (C=O) groups is 1. The van der Waals surface area contributed by atoms with Crippen LogP contribution >= 0.6 is 0 Å². The van der Waals surface area contributed by atoms with Crippen molar-refractivity contribution in [3.05, 3.63) is 52.7 Å². The van der Waals surface area contributed by atoms with Crippen molar-refractivity contribution in [2.24, 2.45) is 10.7 Å². The van der Waals surface area contributed by atoms with Gasteiger partial charge in [0.25, 0.3) is 5.91 Å². The molecule has 1 amide bonds. The number of pyridine rings is 1. The van der Waals surface area contributed by atoms with Crippen molar-refractivity contribution < 1.29 is 4.79 Å². The molecule has 1 heterocycles. The normalized spacial score (nSPS) is 10.9. The first-order valence-electron chi connectivity index (χ1n) is 7.66. The SMILES string of the molecule is CCCN=Cc1c(C)cccc1Nc1nc(C)ccc1C(N)=O. The van der Waals surface area contributed by atoms with Gasteiger partial charge in [0.15, 0.2) is 0 Å². The highest BCUT2D eigenvalue weighted by Crippen LogP contribution is 2.24. The lowest BCUT2D eigenvalue weighted by molar-refractivity contribution is 0.100. The number of aliphatic imine (C=N–C) groups is 1. The van der Waals surface area contributed by atoms with Crippen LogP contribution in [0.2, 0.25) is 0 Å². The average molecular weight is 310 g/mol. The lowest BCUT2D eigenvalue weighted by Gasteiger charge is -2.13. The fraction of sp³-hybridized carbons (Fsp3) is 0.278. The topological polar surface area (TPSA) is 80.4 Å². The van der Waals surface area contributed by atoms with Crippen LogP contribution in [0.4, 0.5) is 11.5 Å². The monoisotopic (exact) mass is 310 g/mol. The second-order valence-electron chi connectivity index (χ2n) is 5.41. The summed E-state index contributed by atoms with van der Waals surface area (Å²) in [5.74, 6) is -0.0397. The van der Waals surface area contributed by atoms with Gasteiger partial charge in [-0.25, -0.2) is 4.98 Å². The first kappa shape index (κ1) is 16.7. The van der Waals surface area contributed by atoms with Crippen molar-refractivity contribution in [3.63, 3.8) is 0 Å². The van der Waals surface area contributed by atoms with Gasteiger partial charge in [0, 0.05) is 29.7 Å². The Labute approximate surface area is 136 Å². The molecule has 0 atom stereocenters. The third-order valence-electron chi connectivity index (χ3n) is 3.45. The molecule has 0 aliphatic rings. The molecule has 2 rings (SSSR count). The molecule has 1 aromatic carbocycles. The van der Waals surface area contributed by atoms with Gasteiger partial charge in [0.1, 0.15) is 5.82 Å². The summed E-state index contributed by atoms with van der Waals surface area (Å²) < 4.78 is 0. The van der Waals surface area contributed by atoms with E-state index in [1.807, 2.05) is 38.3 Å². The molecule has 5 heteroatoms. The van der Waals surface area contributed by atoms with Crippen molar-refractivity contribution in [3.8, 4) is 0 Å². The molecule has 2 aromatic rings. The lowest BCUT2D eigenvalue weighted by atomic mass is 10.1. The van der Waals surface area contributed by atoms with Crippen LogP contribution in [0.15, 0.2) is 35.3 Å². The van der Waals surface area contributed by atoms with Crippen molar-refractivity contribution in [2.45, 2.75) is 27.2 Å². The number of nitrogens with zero attached hydrogens (tertiary/aromatic N) is 2. The molecule has 3 N–H and O–H groups in total. The van der Waals surface area contributed by atoms with E-state index in [1.165, 1.54) is 0 Å². The second-order valence-corrected chi connectivity index (χ2v) is 5.41. The van der Waals surface area contributed by atoms with Crippen LogP contribution < -0.4 is 11.1 Å². The summed E-state index contributed by atoms with van der Waals surface area (Å²) >= 11 is 0. The van der Waals surface area contributed by atoms with Crippen molar-refractivity contribution in [2.75, 3.05) is 11.9 Å². The lowest BCUT2D eigenvalue weighted by Crippen LogP contribution is -2.15. The Hall–Kier alpha value is -2.69. The van der Waals surface area contributed by atoms with Crippen LogP contribution in [0.5, 0.6) is 0 Å². The summed E-state index contributed by atoms with van der Waals surface area (Å²) in [7, 11) is 0. The number of hydrogen-bond acceptors (Lipinski definition) is 4. The van der Waals surface area contributed by atoms with Gasteiger partial charge < -0.3 is 11.1 Å². The third kappa shape index (κ3) is 4.16. The molecule has 0 aliphatic carbocycles. The molecule has 0 unspecified atom stereocenters. The predicted octanol–water partition coefficient (Wildman–Crippen LogP) is 3.37. The number of aryl methyl sites for hydroxylation is 2. The molecule has 0 spiro atoms. The number of hydrogen-bond donors (Lipinski definition) is 2. The highest BCUT2D eigenvalue weighted by molar-refractivity contribution is 5.99. The Bertz CT molecular complexity index is 738. The Morgan fingerprint density at radius 3 is 2.78 bits per heavy atom. The summed E-state index contributed by atoms with van der Waals surface area (Å²) in [5.41, 5.74) is 9.56. The molecule has 1 aromatic heterocycles. The van der Waals surface area contributed by atoms with E-state index >= 15 is 0 Å². The average Bonchev–Trinajstić information content (AvgIpc) is 2.50. The van der Waals surface area contributed by atoms with Crippen LogP contribution in [0.3, 0.4) is 0 Å². The van der Waals surface area contributed by atoms with Gasteiger partial charge in [-0.15, -0.1) is 0 Å². The summed E-state index contributed by atoms with van der Waals surface area (Å²) in [5, 5.41) is 3.23. The second kappa shape index (κ2) is 7.54. The summed E-state index contributed by atoms with van der Waals surface area (Å²) in [4.78, 5) is 20.4. The number of rotatable bonds is 6. The standard InChI is InChI=1S/C18H22N4O/c1-4-10-20-11-15-12(2)6-5-7-16(15)22-18-14(17(19)23)9-8-13(3)21-18/h5-9,11H,4,10H2,1-3H3,(H2,19,23)(H,21,22). The molecule has 0 fully saturated rings. The number of primary amides is 1. The molecule has 0 bridgehead atoms. The predicted molar refractivity (Wildman–Crippen MR) is 94.7 cm³/mol. The van der Waals surface area contributed by atoms with E-state index in [1.54, 1.807) is 12.1 Å². The zero-order valence-electron chi connectivity index (χ0n) is 13.8. The van der Waals surface area contributed by atoms with E-state index < -0.39 is 5.91 Å². The molecule has 23 heavy (non-hydrogen) atoms. The maximum atomic E-state index is 11.6. The van der Waals surface area contributed by atoms with Crippen LogP contribution in [0, 0.1) is 13.8 Å². The Morgan fingerprint density at radius 2 is 2.09 bits per heavy atom. The Kier molecular flexibility index (Phi) is 5.46. The van der Waals surface area contributed by atoms with Gasteiger partial charge in [-0.3, -0.25) is 9.79 Å². The van der Waals surface area contributed by atoms with E-state index in [9.17, 15) is 4.79 Å². The minimum absolute atomic E-state index is 0.369. The zero-order valence-corrected chi connectivity index (χ0v) is 13.8. The van der Waals surface area contributed by atoms with Gasteiger partial charge >= 0.3 is 0 Å². The van der Waals surface area contributed by atoms with Crippen LogP contribution in [0.1, 0.15) is 40.5 Å². The highest BCUT2D eigenvalue weighted by atomic mass is 16.1. The Morgan fingerprint density at radius 1 is 1.30 bits per heavy atom. The number of nitrogens with one attached hydrogen (secondary N) is 1. The molecule has 0 aliphatic heterocycles. The quantitative estimate of drug-likeness (QED) is 0.803. The number of nitrogens with two attached hydrogens (primary N) is 1. The summed E-state index contributed by atoms with van der Waals surface area (Å²) in [6.07, 6.45) is 2.86. The molecule has 0 radical (unpaired) electrons. The molecule has 120 valence electrons. The number of carbonyl (C=O) groups excluding carboxylic acids is 1. The summed E-state index contributed by atoms with van der Waals surface area (Å²) in [6.45, 7) is 6.76. The maximum absolute atomic E-state index is 11.6. The van der Waals surface area contributed by atoms with E-state index in [4.69, 9.17) is 5.73 Å². The van der Waals surface area contributed by atoms with E-state index in [0.717, 1.165) is 35.5 Å². The maximum Gasteiger partial charge on any atom is 0.252 e. The van der Waals surface area contributed by atoms with Gasteiger partial charge in [0.2, 0.25) is 0 Å². The zero-order chi connectivity index (χ0) is 16.8. The van der Waals surface area contributed by atoms with Gasteiger partial charge in [0.05, 0.1) is 5.56 Å². The first-order chi connectivity index (χ1) is 11.0. The molecular formula is C18H22N4O. The largest absolute Gasteiger partial charge is 0.365 e. The van der Waals surface area contributed by atoms with Crippen molar-refractivity contribution in [1.29, 1.82) is 0 Å². The Balaban J connectivity index is 2.43. The highest BCUT2D eigenvalue weighted by Gasteiger charge is 2.12. The van der Waals surface area contributed by atoms with Gasteiger partial charge in [-0.2, -0.15) is 0 Å². The fourth-order valence-corrected chi connectivity index (χ4v) is 2.22. The number of anilines is 2. The minimum Gasteiger partial charge on any atom is -0.365 e. The van der Waals surface area contributed by atoms with Crippen molar-refractivity contribution >= 4 is 23.6 Å². The number of aromatic nitrogens is 1. The third-order valence-corrected chi connectivity index (χ3v) is 3.45. The van der Waals surface area contributed by atoms with E-state index in [0.29, 0.717) is 11.4 Å². The van der Waals surface area contributed by atoms with Crippen LogP contribution in [0.25, 0.3) is 0 Å². The van der Waals surface area contributed by atoms with E-state index in [-0.39, 0.29) is 0 Å². The van der Waals surface area contributed by atoms with Crippen LogP contribution in [-0.4, -0.2) is 23.7 Å². The fourth-order valence-electron chi connectivity index (χ4n) is 2.22. The number of amides is 1. The minimum atomic E-state index is -0.506. The smallest absolute Gasteiger partial charge is 0.252 e. The number of benzene rings is 1. The summed E-state index contributed by atoms with van der Waals surface area (Å²) in [6, 6.07) is 9.37. The molecule has 0 saturated carbocycles. The van der Waals surface area contributed by atoms with Crippen molar-refractivity contribution in [1.82, 2.24) is 4.98 Å². The van der Waals surface area contributed by atoms with Gasteiger partial charge in [-0.1, -0.05) is 19.1 Å². The molecule has 5 nitrogen and oxygen atoms in total.